The maximum Gasteiger partial charge on any atom is 0.260 e. The lowest BCUT2D eigenvalue weighted by molar-refractivity contribution is 0.133. The minimum absolute atomic E-state index is 0.138. The second-order valence-corrected chi connectivity index (χ2v) is 5.19. The Morgan fingerprint density at radius 2 is 1.83 bits per heavy atom. The molecule has 0 unspecified atom stereocenters. The zero-order valence-electron chi connectivity index (χ0n) is 13.0. The molecule has 0 aliphatic rings. The minimum atomic E-state index is -0.138. The van der Waals surface area contributed by atoms with Crippen LogP contribution in [-0.4, -0.2) is 16.6 Å². The Hall–Kier alpha value is -2.66. The Kier molecular flexibility index (Phi) is 4.68. The zero-order chi connectivity index (χ0) is 16.1. The number of nitrogens with zero attached hydrogens (tertiary/aromatic N) is 1. The van der Waals surface area contributed by atoms with Gasteiger partial charge >= 0.3 is 0 Å². The molecule has 1 heterocycles. The molecule has 5 heteroatoms. The third-order valence-corrected chi connectivity index (χ3v) is 3.64. The molecule has 118 valence electrons. The van der Waals surface area contributed by atoms with Crippen LogP contribution in [0.25, 0.3) is 10.9 Å². The molecular weight excluding hydrogens is 290 g/mol. The summed E-state index contributed by atoms with van der Waals surface area (Å²) in [5.74, 6) is 0.472. The molecule has 0 saturated carbocycles. The molecule has 0 saturated heterocycles. The summed E-state index contributed by atoms with van der Waals surface area (Å²) in [4.78, 5) is 19.3. The normalized spacial score (nSPS) is 10.8. The largest absolute Gasteiger partial charge is 0.377 e. The molecule has 2 N–H and O–H groups in total. The maximum absolute atomic E-state index is 12.1. The molecule has 5 nitrogen and oxygen atoms in total. The monoisotopic (exact) mass is 309 g/mol. The highest BCUT2D eigenvalue weighted by atomic mass is 16.5. The van der Waals surface area contributed by atoms with E-state index >= 15 is 0 Å². The van der Waals surface area contributed by atoms with Crippen molar-refractivity contribution in [1.82, 2.24) is 9.97 Å². The number of aromatic amines is 1. The van der Waals surface area contributed by atoms with Crippen molar-refractivity contribution in [2.75, 3.05) is 11.9 Å². The molecule has 0 atom stereocenters. The summed E-state index contributed by atoms with van der Waals surface area (Å²) < 4.78 is 5.49. The van der Waals surface area contributed by atoms with Gasteiger partial charge in [-0.25, -0.2) is 4.98 Å². The first-order valence-electron chi connectivity index (χ1n) is 7.65. The zero-order valence-corrected chi connectivity index (χ0v) is 13.0. The van der Waals surface area contributed by atoms with Crippen LogP contribution in [0.2, 0.25) is 0 Å². The predicted octanol–water partition coefficient (Wildman–Crippen LogP) is 3.07. The van der Waals surface area contributed by atoms with E-state index in [2.05, 4.69) is 15.3 Å². The van der Waals surface area contributed by atoms with Crippen molar-refractivity contribution in [1.29, 1.82) is 0 Å². The number of hydrogen-bond acceptors (Lipinski definition) is 4. The number of rotatable bonds is 6. The second-order valence-electron chi connectivity index (χ2n) is 5.19. The number of anilines is 1. The summed E-state index contributed by atoms with van der Waals surface area (Å²) in [7, 11) is 0. The van der Waals surface area contributed by atoms with Gasteiger partial charge in [0.1, 0.15) is 0 Å². The summed E-state index contributed by atoms with van der Waals surface area (Å²) in [5.41, 5.74) is 2.80. The third kappa shape index (κ3) is 3.57. The standard InChI is InChI=1S/C18H19N3O2/c1-2-23-12-14-8-4-3-7-13(14)11-19-18-20-16-10-6-5-9-15(16)17(22)21-18/h3-10H,2,11-12H2,1H3,(H2,19,20,21,22). The van der Waals surface area contributed by atoms with Crippen LogP contribution in [0.15, 0.2) is 53.3 Å². The molecule has 3 aromatic rings. The predicted molar refractivity (Wildman–Crippen MR) is 91.5 cm³/mol. The number of fused-ring (bicyclic) bond motifs is 1. The van der Waals surface area contributed by atoms with Crippen molar-refractivity contribution in [3.63, 3.8) is 0 Å². The van der Waals surface area contributed by atoms with E-state index < -0.39 is 0 Å². The van der Waals surface area contributed by atoms with Gasteiger partial charge in [0.05, 0.1) is 17.5 Å². The number of hydrogen-bond donors (Lipinski definition) is 2. The van der Waals surface area contributed by atoms with Crippen LogP contribution in [0.4, 0.5) is 5.95 Å². The first-order chi connectivity index (χ1) is 11.3. The molecule has 0 aliphatic carbocycles. The fourth-order valence-electron chi connectivity index (χ4n) is 2.43. The number of H-pyrrole nitrogens is 1. The van der Waals surface area contributed by atoms with Crippen molar-refractivity contribution in [2.24, 2.45) is 0 Å². The summed E-state index contributed by atoms with van der Waals surface area (Å²) >= 11 is 0. The van der Waals surface area contributed by atoms with E-state index in [4.69, 9.17) is 4.74 Å². The number of ether oxygens (including phenoxy) is 1. The van der Waals surface area contributed by atoms with Crippen LogP contribution in [0, 0.1) is 0 Å². The van der Waals surface area contributed by atoms with Gasteiger partial charge in [-0.3, -0.25) is 9.78 Å². The number of aromatic nitrogens is 2. The summed E-state index contributed by atoms with van der Waals surface area (Å²) in [5, 5.41) is 3.78. The van der Waals surface area contributed by atoms with E-state index in [1.165, 1.54) is 0 Å². The molecule has 0 amide bonds. The van der Waals surface area contributed by atoms with Crippen LogP contribution in [0.5, 0.6) is 0 Å². The maximum atomic E-state index is 12.1. The highest BCUT2D eigenvalue weighted by molar-refractivity contribution is 5.78. The number of nitrogens with one attached hydrogen (secondary N) is 2. The lowest BCUT2D eigenvalue weighted by Gasteiger charge is -2.11. The van der Waals surface area contributed by atoms with Crippen molar-refractivity contribution < 1.29 is 4.74 Å². The lowest BCUT2D eigenvalue weighted by Crippen LogP contribution is -2.13. The molecule has 0 fully saturated rings. The van der Waals surface area contributed by atoms with Crippen LogP contribution < -0.4 is 10.9 Å². The fraction of sp³-hybridized carbons (Fsp3) is 0.222. The van der Waals surface area contributed by atoms with Crippen molar-refractivity contribution >= 4 is 16.9 Å². The van der Waals surface area contributed by atoms with E-state index in [1.54, 1.807) is 6.07 Å². The Morgan fingerprint density at radius 3 is 2.65 bits per heavy atom. The summed E-state index contributed by atoms with van der Waals surface area (Å²) in [6, 6.07) is 15.4. The van der Waals surface area contributed by atoms with Gasteiger partial charge in [0.25, 0.3) is 5.56 Å². The molecular formula is C18H19N3O2. The third-order valence-electron chi connectivity index (χ3n) is 3.64. The first kappa shape index (κ1) is 15.2. The Balaban J connectivity index is 1.80. The minimum Gasteiger partial charge on any atom is -0.377 e. The van der Waals surface area contributed by atoms with Gasteiger partial charge in [-0.15, -0.1) is 0 Å². The van der Waals surface area contributed by atoms with E-state index in [0.29, 0.717) is 36.6 Å². The van der Waals surface area contributed by atoms with Gasteiger partial charge in [0.15, 0.2) is 0 Å². The van der Waals surface area contributed by atoms with Crippen LogP contribution in [0.3, 0.4) is 0 Å². The fourth-order valence-corrected chi connectivity index (χ4v) is 2.43. The van der Waals surface area contributed by atoms with Gasteiger partial charge in [-0.1, -0.05) is 36.4 Å². The molecule has 1 aromatic heterocycles. The van der Waals surface area contributed by atoms with E-state index in [1.807, 2.05) is 49.4 Å². The topological polar surface area (TPSA) is 67.0 Å². The van der Waals surface area contributed by atoms with Gasteiger partial charge in [0, 0.05) is 13.2 Å². The van der Waals surface area contributed by atoms with Gasteiger partial charge < -0.3 is 10.1 Å². The van der Waals surface area contributed by atoms with Gasteiger partial charge in [-0.2, -0.15) is 0 Å². The number of benzene rings is 2. The average Bonchev–Trinajstić information content (AvgIpc) is 2.59. The summed E-state index contributed by atoms with van der Waals surface area (Å²) in [6.45, 7) is 3.81. The highest BCUT2D eigenvalue weighted by Gasteiger charge is 2.05. The molecule has 0 radical (unpaired) electrons. The van der Waals surface area contributed by atoms with E-state index in [9.17, 15) is 4.79 Å². The van der Waals surface area contributed by atoms with E-state index in [-0.39, 0.29) is 5.56 Å². The molecule has 23 heavy (non-hydrogen) atoms. The molecule has 0 spiro atoms. The molecule has 0 aliphatic heterocycles. The van der Waals surface area contributed by atoms with Crippen molar-refractivity contribution in [3.05, 3.63) is 70.0 Å². The van der Waals surface area contributed by atoms with Crippen LogP contribution in [-0.2, 0) is 17.9 Å². The van der Waals surface area contributed by atoms with Crippen molar-refractivity contribution in [2.45, 2.75) is 20.1 Å². The Morgan fingerprint density at radius 1 is 1.09 bits per heavy atom. The molecule has 3 rings (SSSR count). The smallest absolute Gasteiger partial charge is 0.260 e. The van der Waals surface area contributed by atoms with Crippen LogP contribution >= 0.6 is 0 Å². The number of para-hydroxylation sites is 1. The first-order valence-corrected chi connectivity index (χ1v) is 7.65. The second kappa shape index (κ2) is 7.07. The summed E-state index contributed by atoms with van der Waals surface area (Å²) in [6.07, 6.45) is 0. The SMILES string of the molecule is CCOCc1ccccc1CNc1nc2ccccc2c(=O)[nH]1. The average molecular weight is 309 g/mol. The quantitative estimate of drug-likeness (QED) is 0.734. The van der Waals surface area contributed by atoms with Gasteiger partial charge in [0.2, 0.25) is 5.95 Å². The lowest BCUT2D eigenvalue weighted by atomic mass is 10.1. The Labute approximate surface area is 134 Å². The van der Waals surface area contributed by atoms with Gasteiger partial charge in [-0.05, 0) is 30.2 Å². The Bertz CT molecular complexity index is 858. The van der Waals surface area contributed by atoms with Crippen molar-refractivity contribution in [3.8, 4) is 0 Å². The molecule has 2 aromatic carbocycles. The highest BCUT2D eigenvalue weighted by Crippen LogP contribution is 2.13. The van der Waals surface area contributed by atoms with Crippen LogP contribution in [0.1, 0.15) is 18.1 Å². The molecule has 0 bridgehead atoms. The van der Waals surface area contributed by atoms with E-state index in [0.717, 1.165) is 11.1 Å².